The minimum atomic E-state index is -4.77. The summed E-state index contributed by atoms with van der Waals surface area (Å²) >= 11 is 2.90. The number of pyridine rings is 1. The lowest BCUT2D eigenvalue weighted by Crippen LogP contribution is -2.41. The Bertz CT molecular complexity index is 624. The minimum Gasteiger partial charge on any atom is -0.582 e. The maximum absolute atomic E-state index is 12.7. The number of nitriles is 1. The normalized spacial score (nSPS) is 13.4. The first-order chi connectivity index (χ1) is 10.8. The molecular formula is C11H9BrCl2F3N3O3S. The van der Waals surface area contributed by atoms with Gasteiger partial charge < -0.3 is 15.0 Å². The highest BCUT2D eigenvalue weighted by Crippen LogP contribution is 2.32. The van der Waals surface area contributed by atoms with Crippen molar-refractivity contribution >= 4 is 58.5 Å². The number of amides is 1. The molecule has 1 unspecified atom stereocenters. The quantitative estimate of drug-likeness (QED) is 0.521. The van der Waals surface area contributed by atoms with Crippen molar-refractivity contribution in [2.45, 2.75) is 18.7 Å². The van der Waals surface area contributed by atoms with Gasteiger partial charge in [0.15, 0.2) is 36.7 Å². The third-order valence-electron chi connectivity index (χ3n) is 2.31. The molecule has 1 rings (SSSR count). The van der Waals surface area contributed by atoms with E-state index in [0.717, 1.165) is 6.20 Å². The van der Waals surface area contributed by atoms with E-state index in [2.05, 4.69) is 47.6 Å². The van der Waals surface area contributed by atoms with Crippen LogP contribution in [0.2, 0.25) is 0 Å². The molecule has 0 saturated carbocycles. The summed E-state index contributed by atoms with van der Waals surface area (Å²) in [4.78, 5) is 15.0. The van der Waals surface area contributed by atoms with E-state index in [1.165, 1.54) is 13.0 Å². The van der Waals surface area contributed by atoms with E-state index in [9.17, 15) is 23.1 Å². The number of hydrogen-bond donors (Lipinski definition) is 2. The molecule has 0 bridgehead atoms. The molecule has 2 N–H and O–H groups in total. The van der Waals surface area contributed by atoms with E-state index >= 15 is 0 Å². The van der Waals surface area contributed by atoms with Gasteiger partial charge in [0, 0.05) is 5.33 Å². The van der Waals surface area contributed by atoms with Crippen molar-refractivity contribution in [3.63, 3.8) is 0 Å². The standard InChI is InChI=1S/C11H9BrF3N3O2.Cl2OS/c1-10(20,5-12)9(19)18-6-2-7(11(13,14)15)8(3-16)17-4-6;1-4(2)3/h2,4,20H,5H2,1H3,(H,18,19);. The van der Waals surface area contributed by atoms with Gasteiger partial charge in [-0.2, -0.15) is 18.4 Å². The van der Waals surface area contributed by atoms with E-state index in [4.69, 9.17) is 9.81 Å². The number of alkyl halides is 4. The summed E-state index contributed by atoms with van der Waals surface area (Å²) in [6.45, 7) is 1.19. The minimum absolute atomic E-state index is 0.0956. The van der Waals surface area contributed by atoms with Gasteiger partial charge in [0.05, 0.1) is 17.4 Å². The lowest BCUT2D eigenvalue weighted by molar-refractivity contribution is -0.138. The fourth-order valence-corrected chi connectivity index (χ4v) is 1.42. The lowest BCUT2D eigenvalue weighted by Gasteiger charge is -2.19. The van der Waals surface area contributed by atoms with Crippen molar-refractivity contribution in [1.29, 1.82) is 5.26 Å². The molecule has 0 aliphatic heterocycles. The highest BCUT2D eigenvalue weighted by molar-refractivity contribution is 9.09. The van der Waals surface area contributed by atoms with Crippen LogP contribution in [0.3, 0.4) is 0 Å². The maximum atomic E-state index is 12.7. The SMILES string of the molecule is CC(O)(CBr)C(=O)Nc1cnc(C#N)c(C(F)(F)F)c1.[O-][S+](Cl)Cl. The molecule has 0 fully saturated rings. The first-order valence-corrected chi connectivity index (χ1v) is 9.59. The number of anilines is 1. The Balaban J connectivity index is 0.00000118. The van der Waals surface area contributed by atoms with E-state index in [1.807, 2.05) is 0 Å². The van der Waals surface area contributed by atoms with Crippen LogP contribution in [0.4, 0.5) is 18.9 Å². The number of aromatic nitrogens is 1. The van der Waals surface area contributed by atoms with Gasteiger partial charge in [0.1, 0.15) is 11.7 Å². The molecule has 0 aliphatic carbocycles. The number of nitrogens with one attached hydrogen (secondary N) is 1. The Labute approximate surface area is 155 Å². The molecule has 1 atom stereocenters. The Kier molecular flexibility index (Phi) is 9.34. The van der Waals surface area contributed by atoms with E-state index in [1.54, 1.807) is 0 Å². The average Bonchev–Trinajstić information content (AvgIpc) is 2.45. The summed E-state index contributed by atoms with van der Waals surface area (Å²) in [6, 6.07) is 1.91. The van der Waals surface area contributed by atoms with E-state index < -0.39 is 38.5 Å². The summed E-state index contributed by atoms with van der Waals surface area (Å²) in [7, 11) is 7.36. The summed E-state index contributed by atoms with van der Waals surface area (Å²) in [5.74, 6) is -0.894. The molecule has 1 aromatic rings. The predicted octanol–water partition coefficient (Wildman–Crippen LogP) is 3.10. The molecule has 6 nitrogen and oxygen atoms in total. The van der Waals surface area contributed by atoms with Gasteiger partial charge in [0.2, 0.25) is 0 Å². The van der Waals surface area contributed by atoms with Gasteiger partial charge >= 0.3 is 6.18 Å². The van der Waals surface area contributed by atoms with Crippen molar-refractivity contribution in [3.8, 4) is 6.07 Å². The fourth-order valence-electron chi connectivity index (χ4n) is 1.16. The van der Waals surface area contributed by atoms with E-state index in [0.29, 0.717) is 6.07 Å². The van der Waals surface area contributed by atoms with Crippen molar-refractivity contribution in [2.24, 2.45) is 0 Å². The van der Waals surface area contributed by atoms with Gasteiger partial charge in [-0.25, -0.2) is 4.98 Å². The average molecular weight is 471 g/mol. The van der Waals surface area contributed by atoms with Crippen molar-refractivity contribution in [3.05, 3.63) is 23.5 Å². The highest BCUT2D eigenvalue weighted by atomic mass is 79.9. The van der Waals surface area contributed by atoms with Crippen LogP contribution < -0.4 is 5.32 Å². The van der Waals surface area contributed by atoms with Crippen LogP contribution in [-0.4, -0.2) is 31.5 Å². The molecule has 0 radical (unpaired) electrons. The van der Waals surface area contributed by atoms with Crippen molar-refractivity contribution in [1.82, 2.24) is 4.98 Å². The van der Waals surface area contributed by atoms with Gasteiger partial charge in [-0.1, -0.05) is 15.9 Å². The summed E-state index contributed by atoms with van der Waals surface area (Å²) < 4.78 is 47.2. The molecule has 0 aliphatic rings. The van der Waals surface area contributed by atoms with Crippen LogP contribution in [-0.2, 0) is 20.6 Å². The number of nitrogens with zero attached hydrogens (tertiary/aromatic N) is 2. The molecule has 24 heavy (non-hydrogen) atoms. The van der Waals surface area contributed by atoms with Crippen LogP contribution in [0.25, 0.3) is 0 Å². The molecule has 0 saturated heterocycles. The molecular weight excluding hydrogens is 462 g/mol. The van der Waals surface area contributed by atoms with Gasteiger partial charge in [-0.3, -0.25) is 4.79 Å². The second-order valence-electron chi connectivity index (χ2n) is 4.28. The number of rotatable bonds is 3. The first-order valence-electron chi connectivity index (χ1n) is 5.66. The number of carbonyl (C=O) groups is 1. The smallest absolute Gasteiger partial charge is 0.419 e. The van der Waals surface area contributed by atoms with Gasteiger partial charge in [-0.15, -0.1) is 0 Å². The largest absolute Gasteiger partial charge is 0.582 e. The molecule has 1 amide bonds. The Morgan fingerprint density at radius 3 is 2.46 bits per heavy atom. The molecule has 13 heteroatoms. The predicted molar refractivity (Wildman–Crippen MR) is 86.8 cm³/mol. The Hall–Kier alpha value is -0.770. The second kappa shape index (κ2) is 9.65. The number of aliphatic hydroxyl groups is 1. The third kappa shape index (κ3) is 7.87. The molecule has 0 aromatic carbocycles. The zero-order valence-electron chi connectivity index (χ0n) is 11.7. The monoisotopic (exact) mass is 469 g/mol. The fraction of sp³-hybridized carbons (Fsp3) is 0.364. The molecule has 134 valence electrons. The molecule has 1 heterocycles. The molecule has 1 aromatic heterocycles. The number of carbonyl (C=O) groups excluding carboxylic acids is 1. The van der Waals surface area contributed by atoms with Crippen molar-refractivity contribution < 1.29 is 27.6 Å². The van der Waals surface area contributed by atoms with Gasteiger partial charge in [0.25, 0.3) is 5.91 Å². The topological polar surface area (TPSA) is 109 Å². The zero-order chi connectivity index (χ0) is 19.1. The number of hydrogen-bond acceptors (Lipinski definition) is 5. The maximum Gasteiger partial charge on any atom is 0.419 e. The Morgan fingerprint density at radius 2 is 2.08 bits per heavy atom. The summed E-state index contributed by atoms with van der Waals surface area (Å²) in [5, 5.41) is 20.2. The second-order valence-corrected chi connectivity index (χ2v) is 7.36. The van der Waals surface area contributed by atoms with Crippen LogP contribution in [0.1, 0.15) is 18.2 Å². The third-order valence-corrected chi connectivity index (χ3v) is 3.40. The van der Waals surface area contributed by atoms with Crippen LogP contribution in [0.5, 0.6) is 0 Å². The lowest BCUT2D eigenvalue weighted by atomic mass is 10.1. The van der Waals surface area contributed by atoms with Crippen LogP contribution in [0, 0.1) is 11.3 Å². The summed E-state index contributed by atoms with van der Waals surface area (Å²) in [6.07, 6.45) is -3.85. The first kappa shape index (κ1) is 23.2. The van der Waals surface area contributed by atoms with Gasteiger partial charge in [-0.05, 0) is 13.0 Å². The number of halogens is 6. The Morgan fingerprint density at radius 1 is 1.58 bits per heavy atom. The van der Waals surface area contributed by atoms with Crippen LogP contribution >= 0.6 is 37.3 Å². The summed E-state index contributed by atoms with van der Waals surface area (Å²) in [5.41, 5.74) is -4.09. The van der Waals surface area contributed by atoms with E-state index in [-0.39, 0.29) is 11.0 Å². The highest BCUT2D eigenvalue weighted by Gasteiger charge is 2.35. The van der Waals surface area contributed by atoms with Crippen LogP contribution in [0.15, 0.2) is 12.3 Å². The zero-order valence-corrected chi connectivity index (χ0v) is 15.6. The van der Waals surface area contributed by atoms with Crippen molar-refractivity contribution in [2.75, 3.05) is 10.6 Å². The molecule has 0 spiro atoms.